The molecular weight excluding hydrogens is 350 g/mol. The Morgan fingerprint density at radius 1 is 1.12 bits per heavy atom. The van der Waals surface area contributed by atoms with Crippen molar-refractivity contribution in [1.82, 2.24) is 4.98 Å². The van der Waals surface area contributed by atoms with Gasteiger partial charge in [0.15, 0.2) is 0 Å². The van der Waals surface area contributed by atoms with Gasteiger partial charge in [0.25, 0.3) is 5.91 Å². The minimum absolute atomic E-state index is 0.179. The minimum atomic E-state index is -0.771. The molecule has 0 saturated carbocycles. The predicted octanol–water partition coefficient (Wildman–Crippen LogP) is 3.68. The highest BCUT2D eigenvalue weighted by Gasteiger charge is 2.17. The van der Waals surface area contributed by atoms with E-state index < -0.39 is 6.10 Å². The number of nitrogens with zero attached hydrogens (tertiary/aromatic N) is 2. The number of aromatic nitrogens is 1. The quantitative estimate of drug-likeness (QED) is 0.737. The number of amides is 1. The Morgan fingerprint density at radius 2 is 1.81 bits per heavy atom. The molecule has 1 amide bonds. The van der Waals surface area contributed by atoms with E-state index in [2.05, 4.69) is 4.98 Å². The number of aliphatic hydroxyl groups is 1. The number of nitrogens with two attached hydrogens (primary N) is 1. The molecule has 0 aliphatic heterocycles. The Balaban J connectivity index is 1.87. The molecule has 0 bridgehead atoms. The molecule has 3 N–H and O–H groups in total. The van der Waals surface area contributed by atoms with Crippen LogP contribution in [0.4, 0.5) is 11.5 Å². The van der Waals surface area contributed by atoms with Gasteiger partial charge in [-0.1, -0.05) is 54.1 Å². The van der Waals surface area contributed by atoms with Gasteiger partial charge in [0.05, 0.1) is 10.6 Å². The van der Waals surface area contributed by atoms with Crippen molar-refractivity contribution in [2.45, 2.75) is 6.10 Å². The van der Waals surface area contributed by atoms with E-state index in [9.17, 15) is 9.90 Å². The lowest BCUT2D eigenvalue weighted by atomic mass is 10.0. The molecule has 1 heterocycles. The molecule has 0 fully saturated rings. The first-order chi connectivity index (χ1) is 12.5. The molecule has 3 aromatic rings. The van der Waals surface area contributed by atoms with E-state index in [-0.39, 0.29) is 16.7 Å². The normalized spacial score (nSPS) is 11.8. The van der Waals surface area contributed by atoms with E-state index in [1.807, 2.05) is 36.4 Å². The average Bonchev–Trinajstić information content (AvgIpc) is 2.69. The van der Waals surface area contributed by atoms with Crippen molar-refractivity contribution in [3.05, 3.63) is 88.6 Å². The van der Waals surface area contributed by atoms with Crippen LogP contribution in [-0.2, 0) is 0 Å². The summed E-state index contributed by atoms with van der Waals surface area (Å²) in [5.74, 6) is -0.0930. The van der Waals surface area contributed by atoms with Crippen LogP contribution in [0.1, 0.15) is 27.6 Å². The van der Waals surface area contributed by atoms with Gasteiger partial charge >= 0.3 is 0 Å². The van der Waals surface area contributed by atoms with Gasteiger partial charge in [-0.15, -0.1) is 0 Å². The molecule has 0 radical (unpaired) electrons. The number of hydrogen-bond acceptors (Lipinski definition) is 4. The maximum Gasteiger partial charge on any atom is 0.259 e. The molecule has 132 valence electrons. The number of aliphatic hydroxyl groups excluding tert-OH is 1. The zero-order chi connectivity index (χ0) is 18.7. The van der Waals surface area contributed by atoms with Crippen molar-refractivity contribution in [2.75, 3.05) is 17.7 Å². The summed E-state index contributed by atoms with van der Waals surface area (Å²) in [4.78, 5) is 18.1. The molecule has 0 spiro atoms. The van der Waals surface area contributed by atoms with Gasteiger partial charge < -0.3 is 15.7 Å². The number of pyridine rings is 1. The number of rotatable bonds is 4. The molecule has 2 aromatic carbocycles. The highest BCUT2D eigenvalue weighted by Crippen LogP contribution is 2.26. The summed E-state index contributed by atoms with van der Waals surface area (Å²) in [7, 11) is 1.65. The third-order valence-corrected chi connectivity index (χ3v) is 4.41. The maximum absolute atomic E-state index is 12.7. The van der Waals surface area contributed by atoms with Crippen LogP contribution in [0, 0.1) is 0 Å². The van der Waals surface area contributed by atoms with E-state index in [1.54, 1.807) is 25.2 Å². The fraction of sp³-hybridized carbons (Fsp3) is 0.100. The number of carbonyl (C=O) groups is 1. The molecule has 0 saturated heterocycles. The van der Waals surface area contributed by atoms with Crippen molar-refractivity contribution in [3.63, 3.8) is 0 Å². The molecule has 1 unspecified atom stereocenters. The van der Waals surface area contributed by atoms with Crippen LogP contribution >= 0.6 is 11.6 Å². The van der Waals surface area contributed by atoms with E-state index in [0.29, 0.717) is 16.8 Å². The Bertz CT molecular complexity index is 931. The molecule has 26 heavy (non-hydrogen) atoms. The first-order valence-corrected chi connectivity index (χ1v) is 8.37. The van der Waals surface area contributed by atoms with Crippen LogP contribution in [0.15, 0.2) is 66.9 Å². The van der Waals surface area contributed by atoms with Gasteiger partial charge in [-0.05, 0) is 29.3 Å². The first kappa shape index (κ1) is 17.9. The molecule has 1 aromatic heterocycles. The van der Waals surface area contributed by atoms with Crippen LogP contribution in [0.3, 0.4) is 0 Å². The minimum Gasteiger partial charge on any atom is -0.384 e. The van der Waals surface area contributed by atoms with Gasteiger partial charge in [0.2, 0.25) is 0 Å². The SMILES string of the molecule is CN(C(=O)c1cnc(N)c(Cl)c1)c1cccc(C(O)c2ccccc2)c1. The molecule has 0 aliphatic carbocycles. The zero-order valence-corrected chi connectivity index (χ0v) is 14.9. The van der Waals surface area contributed by atoms with Gasteiger partial charge in [-0.25, -0.2) is 4.98 Å². The number of halogens is 1. The largest absolute Gasteiger partial charge is 0.384 e. The number of benzene rings is 2. The standard InChI is InChI=1S/C20H18ClN3O2/c1-24(20(26)15-11-17(21)19(22)23-12-15)16-9-5-8-14(10-16)18(25)13-6-3-2-4-7-13/h2-12,18,25H,1H3,(H2,22,23). The van der Waals surface area contributed by atoms with Gasteiger partial charge in [-0.3, -0.25) is 4.79 Å². The zero-order valence-electron chi connectivity index (χ0n) is 14.1. The Morgan fingerprint density at radius 3 is 2.50 bits per heavy atom. The lowest BCUT2D eigenvalue weighted by Gasteiger charge is -2.20. The van der Waals surface area contributed by atoms with E-state index in [4.69, 9.17) is 17.3 Å². The molecule has 6 heteroatoms. The Labute approximate surface area is 156 Å². The summed E-state index contributed by atoms with van der Waals surface area (Å²) in [6.07, 6.45) is 0.621. The monoisotopic (exact) mass is 367 g/mol. The molecule has 5 nitrogen and oxygen atoms in total. The lowest BCUT2D eigenvalue weighted by Crippen LogP contribution is -2.26. The van der Waals surface area contributed by atoms with Crippen LogP contribution in [0.2, 0.25) is 5.02 Å². The van der Waals surface area contributed by atoms with Gasteiger partial charge in [-0.2, -0.15) is 0 Å². The highest BCUT2D eigenvalue weighted by atomic mass is 35.5. The summed E-state index contributed by atoms with van der Waals surface area (Å²) < 4.78 is 0. The van der Waals surface area contributed by atoms with Crippen LogP contribution in [0.5, 0.6) is 0 Å². The molecule has 3 rings (SSSR count). The van der Waals surface area contributed by atoms with E-state index in [1.165, 1.54) is 17.2 Å². The van der Waals surface area contributed by atoms with Crippen molar-refractivity contribution in [3.8, 4) is 0 Å². The Hall–Kier alpha value is -2.89. The summed E-state index contributed by atoms with van der Waals surface area (Å²) in [5.41, 5.74) is 8.05. The van der Waals surface area contributed by atoms with Crippen molar-refractivity contribution in [1.29, 1.82) is 0 Å². The maximum atomic E-state index is 12.7. The Kier molecular flexibility index (Phi) is 5.21. The van der Waals surface area contributed by atoms with Crippen LogP contribution in [0.25, 0.3) is 0 Å². The van der Waals surface area contributed by atoms with Gasteiger partial charge in [0, 0.05) is 18.9 Å². The van der Waals surface area contributed by atoms with Gasteiger partial charge in [0.1, 0.15) is 11.9 Å². The third kappa shape index (κ3) is 3.69. The summed E-state index contributed by atoms with van der Waals surface area (Å²) in [5, 5.41) is 10.8. The smallest absolute Gasteiger partial charge is 0.259 e. The molecule has 0 aliphatic rings. The average molecular weight is 368 g/mol. The van der Waals surface area contributed by atoms with E-state index >= 15 is 0 Å². The molecule has 1 atom stereocenters. The number of hydrogen-bond donors (Lipinski definition) is 2. The second-order valence-corrected chi connectivity index (χ2v) is 6.27. The van der Waals surface area contributed by atoms with Crippen LogP contribution in [-0.4, -0.2) is 23.0 Å². The van der Waals surface area contributed by atoms with Crippen LogP contribution < -0.4 is 10.6 Å². The summed E-state index contributed by atoms with van der Waals surface area (Å²) in [6.45, 7) is 0. The van der Waals surface area contributed by atoms with Crippen molar-refractivity contribution in [2.24, 2.45) is 0 Å². The van der Waals surface area contributed by atoms with E-state index in [0.717, 1.165) is 5.56 Å². The summed E-state index contributed by atoms with van der Waals surface area (Å²) in [6, 6.07) is 18.0. The second kappa shape index (κ2) is 7.56. The molecular formula is C20H18ClN3O2. The first-order valence-electron chi connectivity index (χ1n) is 7.99. The summed E-state index contributed by atoms with van der Waals surface area (Å²) >= 11 is 5.95. The fourth-order valence-corrected chi connectivity index (χ4v) is 2.77. The second-order valence-electron chi connectivity index (χ2n) is 5.86. The highest BCUT2D eigenvalue weighted by molar-refractivity contribution is 6.33. The fourth-order valence-electron chi connectivity index (χ4n) is 2.61. The number of nitrogen functional groups attached to an aromatic ring is 1. The third-order valence-electron chi connectivity index (χ3n) is 4.11. The number of anilines is 2. The van der Waals surface area contributed by atoms with Crippen molar-refractivity contribution < 1.29 is 9.90 Å². The lowest BCUT2D eigenvalue weighted by molar-refractivity contribution is 0.0992. The van der Waals surface area contributed by atoms with Crippen molar-refractivity contribution >= 4 is 29.0 Å². The topological polar surface area (TPSA) is 79.5 Å². The number of carbonyl (C=O) groups excluding carboxylic acids is 1. The predicted molar refractivity (Wildman–Crippen MR) is 103 cm³/mol.